The van der Waals surface area contributed by atoms with Crippen molar-refractivity contribution in [2.45, 2.75) is 96.4 Å². The topological polar surface area (TPSA) is 38.8 Å². The third kappa shape index (κ3) is 5.41. The first-order valence-electron chi connectivity index (χ1n) is 9.14. The minimum Gasteiger partial charge on any atom is -0.412 e. The third-order valence-corrected chi connectivity index (χ3v) is 15.2. The highest BCUT2D eigenvalue weighted by Gasteiger charge is 2.44. The molecule has 0 aliphatic carbocycles. The van der Waals surface area contributed by atoms with Crippen molar-refractivity contribution < 1.29 is 13.6 Å². The maximum Gasteiger partial charge on any atom is 0.209 e. The number of carbonyl (C=O) groups is 1. The summed E-state index contributed by atoms with van der Waals surface area (Å²) in [5, 5.41) is 0.346. The van der Waals surface area contributed by atoms with E-state index < -0.39 is 16.6 Å². The standard InChI is InChI=1S/C18H39NO3Si2/c1-17(2,3)23(7,8)21-15-11-16(13-19(12-15)14-20)22-24(9,10)18(4,5)6/h14-16H,11-13H2,1-10H3/t15-,16+. The number of amides is 1. The molecule has 1 aliphatic rings. The maximum absolute atomic E-state index is 11.4. The summed E-state index contributed by atoms with van der Waals surface area (Å²) in [7, 11) is -3.69. The van der Waals surface area contributed by atoms with Crippen LogP contribution in [0.15, 0.2) is 0 Å². The lowest BCUT2D eigenvalue weighted by atomic mass is 10.1. The SMILES string of the molecule is CC(C)(C)[Si](C)(C)O[C@@H]1C[C@H](O[Si](C)(C)C(C)(C)C)CN(C=O)C1. The fraction of sp³-hybridized carbons (Fsp3) is 0.944. The molecule has 0 spiro atoms. The molecule has 2 atom stereocenters. The van der Waals surface area contributed by atoms with E-state index in [-0.39, 0.29) is 22.3 Å². The second-order valence-electron chi connectivity index (χ2n) is 10.3. The van der Waals surface area contributed by atoms with Gasteiger partial charge in [0.15, 0.2) is 16.6 Å². The number of carbonyl (C=O) groups excluding carboxylic acids is 1. The molecule has 1 fully saturated rings. The van der Waals surface area contributed by atoms with Gasteiger partial charge in [0.25, 0.3) is 0 Å². The lowest BCUT2D eigenvalue weighted by molar-refractivity contribution is -0.123. The van der Waals surface area contributed by atoms with Crippen molar-refractivity contribution in [3.63, 3.8) is 0 Å². The van der Waals surface area contributed by atoms with Gasteiger partial charge in [-0.1, -0.05) is 41.5 Å². The molecule has 1 saturated heterocycles. The highest BCUT2D eigenvalue weighted by atomic mass is 28.4. The van der Waals surface area contributed by atoms with Crippen molar-refractivity contribution >= 4 is 23.0 Å². The summed E-state index contributed by atoms with van der Waals surface area (Å²) in [6.45, 7) is 24.0. The van der Waals surface area contributed by atoms with Gasteiger partial charge in [0, 0.05) is 19.5 Å². The summed E-state index contributed by atoms with van der Waals surface area (Å²) < 4.78 is 13.2. The van der Waals surface area contributed by atoms with Crippen molar-refractivity contribution in [1.29, 1.82) is 0 Å². The number of rotatable bonds is 5. The van der Waals surface area contributed by atoms with E-state index in [1.807, 2.05) is 4.90 Å². The third-order valence-electron chi connectivity index (χ3n) is 6.09. The summed E-state index contributed by atoms with van der Waals surface area (Å²) in [6.07, 6.45) is 2.01. The van der Waals surface area contributed by atoms with Crippen LogP contribution in [0.2, 0.25) is 36.3 Å². The van der Waals surface area contributed by atoms with Crippen LogP contribution in [0.1, 0.15) is 48.0 Å². The maximum atomic E-state index is 11.4. The quantitative estimate of drug-likeness (QED) is 0.521. The van der Waals surface area contributed by atoms with E-state index in [4.69, 9.17) is 8.85 Å². The van der Waals surface area contributed by atoms with E-state index in [1.54, 1.807) is 0 Å². The van der Waals surface area contributed by atoms with Crippen molar-refractivity contribution in [2.75, 3.05) is 13.1 Å². The summed E-state index contributed by atoms with van der Waals surface area (Å²) in [5.74, 6) is 0. The molecule has 1 amide bonds. The van der Waals surface area contributed by atoms with Gasteiger partial charge in [0.1, 0.15) is 0 Å². The van der Waals surface area contributed by atoms with E-state index in [1.165, 1.54) is 0 Å². The zero-order valence-electron chi connectivity index (χ0n) is 17.5. The Morgan fingerprint density at radius 3 is 1.42 bits per heavy atom. The summed E-state index contributed by atoms with van der Waals surface area (Å²) in [5.41, 5.74) is 0. The lowest BCUT2D eigenvalue weighted by Crippen LogP contribution is -2.55. The Morgan fingerprint density at radius 1 is 0.833 bits per heavy atom. The van der Waals surface area contributed by atoms with Gasteiger partial charge < -0.3 is 13.8 Å². The zero-order chi connectivity index (χ0) is 19.0. The Balaban J connectivity index is 2.86. The largest absolute Gasteiger partial charge is 0.412 e. The van der Waals surface area contributed by atoms with E-state index in [2.05, 4.69) is 67.7 Å². The van der Waals surface area contributed by atoms with Crippen LogP contribution in [-0.2, 0) is 13.6 Å². The molecule has 1 heterocycles. The first-order chi connectivity index (χ1) is 10.6. The Bertz CT molecular complexity index is 403. The number of piperidine rings is 1. The Labute approximate surface area is 151 Å². The molecule has 0 bridgehead atoms. The van der Waals surface area contributed by atoms with E-state index in [0.29, 0.717) is 13.1 Å². The van der Waals surface area contributed by atoms with Crippen LogP contribution in [0.3, 0.4) is 0 Å². The fourth-order valence-corrected chi connectivity index (χ4v) is 5.20. The highest BCUT2D eigenvalue weighted by molar-refractivity contribution is 6.74. The van der Waals surface area contributed by atoms with Gasteiger partial charge in [-0.25, -0.2) is 0 Å². The summed E-state index contributed by atoms with van der Waals surface area (Å²) in [4.78, 5) is 13.2. The smallest absolute Gasteiger partial charge is 0.209 e. The lowest BCUT2D eigenvalue weighted by Gasteiger charge is -2.46. The average Bonchev–Trinajstić information content (AvgIpc) is 2.34. The number of nitrogens with zero attached hydrogens (tertiary/aromatic N) is 1. The van der Waals surface area contributed by atoms with Gasteiger partial charge in [0.2, 0.25) is 6.41 Å². The van der Waals surface area contributed by atoms with Crippen LogP contribution in [0.5, 0.6) is 0 Å². The van der Waals surface area contributed by atoms with Gasteiger partial charge in [-0.2, -0.15) is 0 Å². The Hall–Kier alpha value is -0.176. The molecule has 1 aliphatic heterocycles. The van der Waals surface area contributed by atoms with Gasteiger partial charge in [-0.05, 0) is 36.3 Å². The predicted octanol–water partition coefficient (Wildman–Crippen LogP) is 4.63. The number of hydrogen-bond acceptors (Lipinski definition) is 3. The number of likely N-dealkylation sites (tertiary alicyclic amines) is 1. The summed E-state index contributed by atoms with van der Waals surface area (Å²) in [6, 6.07) is 0. The van der Waals surface area contributed by atoms with E-state index >= 15 is 0 Å². The second kappa shape index (κ2) is 7.21. The molecule has 0 radical (unpaired) electrons. The van der Waals surface area contributed by atoms with Crippen LogP contribution in [0.25, 0.3) is 0 Å². The van der Waals surface area contributed by atoms with Gasteiger partial charge in [-0.15, -0.1) is 0 Å². The van der Waals surface area contributed by atoms with Crippen LogP contribution in [0, 0.1) is 0 Å². The highest BCUT2D eigenvalue weighted by Crippen LogP contribution is 2.40. The molecule has 4 nitrogen and oxygen atoms in total. The predicted molar refractivity (Wildman–Crippen MR) is 106 cm³/mol. The Kier molecular flexibility index (Phi) is 6.57. The first kappa shape index (κ1) is 21.9. The molecule has 142 valence electrons. The molecule has 24 heavy (non-hydrogen) atoms. The molecule has 0 aromatic carbocycles. The molecular weight excluding hydrogens is 334 g/mol. The molecule has 0 N–H and O–H groups in total. The van der Waals surface area contributed by atoms with Crippen LogP contribution in [-0.4, -0.2) is 53.2 Å². The van der Waals surface area contributed by atoms with Crippen molar-refractivity contribution in [2.24, 2.45) is 0 Å². The molecule has 0 unspecified atom stereocenters. The molecule has 0 saturated carbocycles. The minimum absolute atomic E-state index is 0.0830. The molecular formula is C18H39NO3Si2. The van der Waals surface area contributed by atoms with Crippen LogP contribution < -0.4 is 0 Å². The van der Waals surface area contributed by atoms with Crippen LogP contribution in [0.4, 0.5) is 0 Å². The van der Waals surface area contributed by atoms with E-state index in [0.717, 1.165) is 12.8 Å². The van der Waals surface area contributed by atoms with Crippen molar-refractivity contribution in [3.8, 4) is 0 Å². The van der Waals surface area contributed by atoms with Crippen LogP contribution >= 0.6 is 0 Å². The normalized spacial score (nSPS) is 24.2. The van der Waals surface area contributed by atoms with Gasteiger partial charge in [-0.3, -0.25) is 4.79 Å². The second-order valence-corrected chi connectivity index (χ2v) is 19.8. The van der Waals surface area contributed by atoms with Crippen molar-refractivity contribution in [3.05, 3.63) is 0 Å². The molecule has 1 rings (SSSR count). The van der Waals surface area contributed by atoms with E-state index in [9.17, 15) is 4.79 Å². The number of hydrogen-bond donors (Lipinski definition) is 0. The zero-order valence-corrected chi connectivity index (χ0v) is 19.5. The minimum atomic E-state index is -1.85. The average molecular weight is 374 g/mol. The molecule has 6 heteroatoms. The fourth-order valence-electron chi connectivity index (χ4n) is 2.48. The molecule has 0 aromatic heterocycles. The summed E-state index contributed by atoms with van der Waals surface area (Å²) >= 11 is 0. The van der Waals surface area contributed by atoms with Crippen molar-refractivity contribution in [1.82, 2.24) is 4.90 Å². The van der Waals surface area contributed by atoms with Gasteiger partial charge >= 0.3 is 0 Å². The Morgan fingerprint density at radius 2 is 1.17 bits per heavy atom. The van der Waals surface area contributed by atoms with Gasteiger partial charge in [0.05, 0.1) is 12.2 Å². The molecule has 0 aromatic rings. The monoisotopic (exact) mass is 373 g/mol. The first-order valence-corrected chi connectivity index (χ1v) is 15.0.